The maximum Gasteiger partial charge on any atom is 0.193 e. The van der Waals surface area contributed by atoms with Crippen LogP contribution in [0.4, 0.5) is 10.1 Å². The Kier molecular flexibility index (Phi) is 7.28. The van der Waals surface area contributed by atoms with Gasteiger partial charge in [-0.25, -0.2) is 9.38 Å². The summed E-state index contributed by atoms with van der Waals surface area (Å²) in [4.78, 5) is 4.22. The number of aliphatic imine (C=N–C) groups is 1. The Balaban J connectivity index is 0.00000264. The van der Waals surface area contributed by atoms with E-state index in [4.69, 9.17) is 10.5 Å². The Morgan fingerprint density at radius 2 is 1.91 bits per heavy atom. The summed E-state index contributed by atoms with van der Waals surface area (Å²) in [5.74, 6) is 0.391. The van der Waals surface area contributed by atoms with Crippen molar-refractivity contribution in [2.45, 2.75) is 20.4 Å². The molecule has 0 saturated carbocycles. The number of nitrogens with one attached hydrogen (secondary N) is 1. The van der Waals surface area contributed by atoms with Crippen molar-refractivity contribution in [2.24, 2.45) is 10.7 Å². The highest BCUT2D eigenvalue weighted by Gasteiger charge is 2.02. The summed E-state index contributed by atoms with van der Waals surface area (Å²) in [6, 6.07) is 10.4. The molecule has 0 heterocycles. The number of guanidine groups is 1. The van der Waals surface area contributed by atoms with Crippen molar-refractivity contribution in [3.63, 3.8) is 0 Å². The van der Waals surface area contributed by atoms with E-state index in [0.29, 0.717) is 11.3 Å². The van der Waals surface area contributed by atoms with Crippen LogP contribution in [-0.4, -0.2) is 13.1 Å². The van der Waals surface area contributed by atoms with Crippen molar-refractivity contribution in [1.82, 2.24) is 0 Å². The van der Waals surface area contributed by atoms with Crippen LogP contribution in [0, 0.1) is 19.7 Å². The zero-order chi connectivity index (χ0) is 16.1. The SMILES string of the molecule is COc1cc(F)cc(CN=C(N)Nc2ccc(C)c(C)c2)c1.I. The van der Waals surface area contributed by atoms with Crippen molar-refractivity contribution in [3.05, 3.63) is 58.9 Å². The first-order valence-electron chi connectivity index (χ1n) is 6.95. The molecular weight excluding hydrogens is 408 g/mol. The lowest BCUT2D eigenvalue weighted by Gasteiger charge is -2.08. The third kappa shape index (κ3) is 5.70. The van der Waals surface area contributed by atoms with Gasteiger partial charge in [-0.2, -0.15) is 0 Å². The molecule has 124 valence electrons. The molecule has 0 radical (unpaired) electrons. The summed E-state index contributed by atoms with van der Waals surface area (Å²) in [5, 5.41) is 3.03. The number of hydrogen-bond acceptors (Lipinski definition) is 2. The van der Waals surface area contributed by atoms with E-state index in [1.165, 1.54) is 30.4 Å². The number of aryl methyl sites for hydroxylation is 2. The first-order valence-corrected chi connectivity index (χ1v) is 6.95. The molecule has 0 atom stereocenters. The Morgan fingerprint density at radius 3 is 2.57 bits per heavy atom. The van der Waals surface area contributed by atoms with E-state index < -0.39 is 0 Å². The average Bonchev–Trinajstić information content (AvgIpc) is 2.48. The monoisotopic (exact) mass is 429 g/mol. The van der Waals surface area contributed by atoms with Crippen molar-refractivity contribution in [3.8, 4) is 5.75 Å². The Labute approximate surface area is 153 Å². The predicted molar refractivity (Wildman–Crippen MR) is 103 cm³/mol. The van der Waals surface area contributed by atoms with E-state index in [9.17, 15) is 4.39 Å². The van der Waals surface area contributed by atoms with Crippen LogP contribution in [0.1, 0.15) is 16.7 Å². The van der Waals surface area contributed by atoms with E-state index in [1.807, 2.05) is 32.0 Å². The molecule has 0 bridgehead atoms. The maximum absolute atomic E-state index is 13.4. The van der Waals surface area contributed by atoms with Crippen LogP contribution in [0.25, 0.3) is 0 Å². The van der Waals surface area contributed by atoms with Gasteiger partial charge in [0.15, 0.2) is 5.96 Å². The minimum atomic E-state index is -0.356. The topological polar surface area (TPSA) is 59.6 Å². The highest BCUT2D eigenvalue weighted by molar-refractivity contribution is 14.0. The van der Waals surface area contributed by atoms with Gasteiger partial charge >= 0.3 is 0 Å². The summed E-state index contributed by atoms with van der Waals surface area (Å²) in [6.45, 7) is 4.36. The molecule has 2 rings (SSSR count). The Hall–Kier alpha value is -1.83. The highest BCUT2D eigenvalue weighted by Crippen LogP contribution is 2.17. The van der Waals surface area contributed by atoms with E-state index in [-0.39, 0.29) is 42.3 Å². The van der Waals surface area contributed by atoms with Crippen LogP contribution in [-0.2, 0) is 6.54 Å². The quantitative estimate of drug-likeness (QED) is 0.439. The lowest BCUT2D eigenvalue weighted by Crippen LogP contribution is -2.22. The molecule has 2 aromatic carbocycles. The van der Waals surface area contributed by atoms with Gasteiger partial charge in [0, 0.05) is 11.8 Å². The molecule has 23 heavy (non-hydrogen) atoms. The van der Waals surface area contributed by atoms with Gasteiger partial charge < -0.3 is 15.8 Å². The zero-order valence-electron chi connectivity index (χ0n) is 13.4. The van der Waals surface area contributed by atoms with Crippen molar-refractivity contribution in [2.75, 3.05) is 12.4 Å². The Bertz CT molecular complexity index is 704. The van der Waals surface area contributed by atoms with Crippen LogP contribution in [0.3, 0.4) is 0 Å². The lowest BCUT2D eigenvalue weighted by molar-refractivity contribution is 0.410. The molecule has 0 saturated heterocycles. The number of benzene rings is 2. The van der Waals surface area contributed by atoms with Crippen LogP contribution >= 0.6 is 24.0 Å². The molecule has 0 aliphatic rings. The van der Waals surface area contributed by atoms with Gasteiger partial charge in [0.05, 0.1) is 13.7 Å². The van der Waals surface area contributed by atoms with E-state index >= 15 is 0 Å². The first-order chi connectivity index (χ1) is 10.5. The minimum Gasteiger partial charge on any atom is -0.497 e. The number of nitrogens with zero attached hydrogens (tertiary/aromatic N) is 1. The second-order valence-electron chi connectivity index (χ2n) is 5.12. The number of ether oxygens (including phenoxy) is 1. The molecule has 0 aliphatic carbocycles. The third-order valence-electron chi connectivity index (χ3n) is 3.38. The summed E-state index contributed by atoms with van der Waals surface area (Å²) in [5.41, 5.74) is 9.83. The molecule has 6 heteroatoms. The number of rotatable bonds is 4. The third-order valence-corrected chi connectivity index (χ3v) is 3.38. The van der Waals surface area contributed by atoms with E-state index in [2.05, 4.69) is 10.3 Å². The van der Waals surface area contributed by atoms with E-state index in [1.54, 1.807) is 6.07 Å². The van der Waals surface area contributed by atoms with Gasteiger partial charge in [-0.1, -0.05) is 6.07 Å². The maximum atomic E-state index is 13.4. The first kappa shape index (κ1) is 19.2. The number of nitrogens with two attached hydrogens (primary N) is 1. The second kappa shape index (κ2) is 8.71. The van der Waals surface area contributed by atoms with Crippen molar-refractivity contribution in [1.29, 1.82) is 0 Å². The summed E-state index contributed by atoms with van der Waals surface area (Å²) < 4.78 is 18.4. The normalized spacial score (nSPS) is 10.9. The lowest BCUT2D eigenvalue weighted by atomic mass is 10.1. The Morgan fingerprint density at radius 1 is 1.17 bits per heavy atom. The van der Waals surface area contributed by atoms with Gasteiger partial charge in [0.1, 0.15) is 11.6 Å². The molecule has 0 aliphatic heterocycles. The molecule has 0 amide bonds. The summed E-state index contributed by atoms with van der Waals surface area (Å²) in [7, 11) is 1.50. The molecule has 0 spiro atoms. The standard InChI is InChI=1S/C17H20FN3O.HI/c1-11-4-5-15(6-12(11)2)21-17(19)20-10-13-7-14(18)9-16(8-13)22-3;/h4-9H,10H2,1-3H3,(H3,19,20,21);1H. The number of hydrogen-bond donors (Lipinski definition) is 2. The fourth-order valence-corrected chi connectivity index (χ4v) is 2.01. The van der Waals surface area contributed by atoms with Crippen LogP contribution in [0.5, 0.6) is 5.75 Å². The molecular formula is C17H21FIN3O. The molecule has 0 aromatic heterocycles. The second-order valence-corrected chi connectivity index (χ2v) is 5.12. The number of methoxy groups -OCH3 is 1. The number of halogens is 2. The van der Waals surface area contributed by atoms with Crippen LogP contribution in [0.2, 0.25) is 0 Å². The summed E-state index contributed by atoms with van der Waals surface area (Å²) in [6.07, 6.45) is 0. The highest BCUT2D eigenvalue weighted by atomic mass is 127. The van der Waals surface area contributed by atoms with Crippen LogP contribution in [0.15, 0.2) is 41.4 Å². The zero-order valence-corrected chi connectivity index (χ0v) is 15.7. The molecule has 2 aromatic rings. The van der Waals surface area contributed by atoms with Gasteiger partial charge in [-0.3, -0.25) is 0 Å². The fraction of sp³-hybridized carbons (Fsp3) is 0.235. The minimum absolute atomic E-state index is 0. The fourth-order valence-electron chi connectivity index (χ4n) is 2.01. The molecule has 4 nitrogen and oxygen atoms in total. The van der Waals surface area contributed by atoms with Gasteiger partial charge in [-0.05, 0) is 54.8 Å². The predicted octanol–water partition coefficient (Wildman–Crippen LogP) is 4.00. The summed E-state index contributed by atoms with van der Waals surface area (Å²) >= 11 is 0. The molecule has 3 N–H and O–H groups in total. The van der Waals surface area contributed by atoms with Crippen molar-refractivity contribution < 1.29 is 9.13 Å². The van der Waals surface area contributed by atoms with Crippen LogP contribution < -0.4 is 15.8 Å². The molecule has 0 fully saturated rings. The van der Waals surface area contributed by atoms with Gasteiger partial charge in [0.2, 0.25) is 0 Å². The van der Waals surface area contributed by atoms with Gasteiger partial charge in [-0.15, -0.1) is 24.0 Å². The van der Waals surface area contributed by atoms with E-state index in [0.717, 1.165) is 5.69 Å². The number of anilines is 1. The largest absolute Gasteiger partial charge is 0.497 e. The smallest absolute Gasteiger partial charge is 0.193 e. The molecule has 0 unspecified atom stereocenters. The average molecular weight is 429 g/mol. The van der Waals surface area contributed by atoms with Gasteiger partial charge in [0.25, 0.3) is 0 Å². The van der Waals surface area contributed by atoms with Crippen molar-refractivity contribution >= 4 is 35.6 Å².